The Hall–Kier alpha value is -1.26. The van der Waals surface area contributed by atoms with E-state index < -0.39 is 0 Å². The van der Waals surface area contributed by atoms with Crippen molar-refractivity contribution in [2.75, 3.05) is 0 Å². The zero-order valence-electron chi connectivity index (χ0n) is 11.2. The Morgan fingerprint density at radius 1 is 1.09 bits per heavy atom. The van der Waals surface area contributed by atoms with Crippen molar-refractivity contribution in [3.8, 4) is 0 Å². The van der Waals surface area contributed by atoms with Crippen LogP contribution in [0.15, 0.2) is 41.8 Å². The van der Waals surface area contributed by atoms with Crippen LogP contribution >= 0.6 is 46.1 Å². The lowest BCUT2D eigenvalue weighted by Crippen LogP contribution is -2.23. The van der Waals surface area contributed by atoms with Gasteiger partial charge in [-0.05, 0) is 46.7 Å². The summed E-state index contributed by atoms with van der Waals surface area (Å²) in [5.74, 6) is -0.294. The van der Waals surface area contributed by atoms with E-state index in [0.717, 1.165) is 15.6 Å². The number of hydrogen-bond acceptors (Lipinski definition) is 2. The monoisotopic (exact) mass is 369 g/mol. The Kier molecular flexibility index (Phi) is 4.59. The number of benzene rings is 2. The minimum atomic E-state index is -0.294. The van der Waals surface area contributed by atoms with E-state index in [1.807, 2.05) is 23.6 Å². The van der Waals surface area contributed by atoms with Gasteiger partial charge in [0.2, 0.25) is 0 Å². The molecule has 0 radical (unpaired) electrons. The smallest absolute Gasteiger partial charge is 0.254 e. The summed E-state index contributed by atoms with van der Waals surface area (Å²) in [7, 11) is 0. The number of hydrogen-bond donors (Lipinski definition) is 1. The molecule has 0 bridgehead atoms. The average Bonchev–Trinajstić information content (AvgIpc) is 2.87. The van der Waals surface area contributed by atoms with Crippen LogP contribution in [0.2, 0.25) is 15.1 Å². The Balaban J connectivity index is 1.82. The first-order valence-corrected chi connectivity index (χ1v) is 8.45. The molecule has 0 aliphatic carbocycles. The second kappa shape index (κ2) is 6.47. The van der Waals surface area contributed by atoms with Crippen LogP contribution < -0.4 is 5.32 Å². The number of fused-ring (bicyclic) bond motifs is 1. The van der Waals surface area contributed by atoms with E-state index in [-0.39, 0.29) is 5.91 Å². The standard InChI is InChI=1S/C16H10Cl3NOS/c17-10-4-5-14-11(6-10)9(8-22-14)7-20-16(21)15-12(18)2-1-3-13(15)19/h1-6,8H,7H2,(H,20,21). The van der Waals surface area contributed by atoms with Gasteiger partial charge in [-0.25, -0.2) is 0 Å². The molecule has 0 spiro atoms. The fourth-order valence-electron chi connectivity index (χ4n) is 2.17. The Bertz CT molecular complexity index is 839. The normalized spacial score (nSPS) is 10.9. The van der Waals surface area contributed by atoms with E-state index in [0.29, 0.717) is 27.2 Å². The van der Waals surface area contributed by atoms with E-state index in [4.69, 9.17) is 34.8 Å². The number of carbonyl (C=O) groups excluding carboxylic acids is 1. The van der Waals surface area contributed by atoms with Gasteiger partial charge in [0.1, 0.15) is 0 Å². The molecule has 3 rings (SSSR count). The Labute approximate surface area is 146 Å². The van der Waals surface area contributed by atoms with Gasteiger partial charge < -0.3 is 5.32 Å². The van der Waals surface area contributed by atoms with Crippen molar-refractivity contribution >= 4 is 62.1 Å². The fourth-order valence-corrected chi connectivity index (χ4v) is 3.85. The average molecular weight is 371 g/mol. The van der Waals surface area contributed by atoms with Crippen molar-refractivity contribution in [3.63, 3.8) is 0 Å². The van der Waals surface area contributed by atoms with Gasteiger partial charge in [0, 0.05) is 16.3 Å². The van der Waals surface area contributed by atoms with Crippen LogP contribution in [0.4, 0.5) is 0 Å². The molecule has 1 amide bonds. The summed E-state index contributed by atoms with van der Waals surface area (Å²) in [5, 5.41) is 7.25. The van der Waals surface area contributed by atoms with Crippen molar-refractivity contribution < 1.29 is 4.79 Å². The van der Waals surface area contributed by atoms with Crippen molar-refractivity contribution in [1.29, 1.82) is 0 Å². The Morgan fingerprint density at radius 2 is 1.82 bits per heavy atom. The van der Waals surface area contributed by atoms with E-state index in [9.17, 15) is 4.79 Å². The van der Waals surface area contributed by atoms with Crippen LogP contribution in [0, 0.1) is 0 Å². The maximum absolute atomic E-state index is 12.3. The highest BCUT2D eigenvalue weighted by molar-refractivity contribution is 7.17. The predicted molar refractivity (Wildman–Crippen MR) is 94.5 cm³/mol. The van der Waals surface area contributed by atoms with Gasteiger partial charge in [-0.3, -0.25) is 4.79 Å². The summed E-state index contributed by atoms with van der Waals surface area (Å²) in [5.41, 5.74) is 1.31. The zero-order valence-corrected chi connectivity index (χ0v) is 14.3. The first-order valence-electron chi connectivity index (χ1n) is 6.44. The highest BCUT2D eigenvalue weighted by Gasteiger charge is 2.14. The van der Waals surface area contributed by atoms with Gasteiger partial charge >= 0.3 is 0 Å². The third-order valence-electron chi connectivity index (χ3n) is 3.24. The quantitative estimate of drug-likeness (QED) is 0.621. The zero-order chi connectivity index (χ0) is 15.7. The first-order chi connectivity index (χ1) is 10.6. The number of halogens is 3. The molecule has 2 aromatic carbocycles. The second-order valence-electron chi connectivity index (χ2n) is 4.68. The molecule has 0 atom stereocenters. The summed E-state index contributed by atoms with van der Waals surface area (Å²) in [6, 6.07) is 10.7. The van der Waals surface area contributed by atoms with Crippen LogP contribution in [-0.2, 0) is 6.54 Å². The minimum Gasteiger partial charge on any atom is -0.348 e. The van der Waals surface area contributed by atoms with Gasteiger partial charge in [0.25, 0.3) is 5.91 Å². The summed E-state index contributed by atoms with van der Waals surface area (Å²) >= 11 is 19.7. The highest BCUT2D eigenvalue weighted by Crippen LogP contribution is 2.29. The third kappa shape index (κ3) is 3.08. The molecular formula is C16H10Cl3NOS. The van der Waals surface area contributed by atoms with Crippen LogP contribution in [0.1, 0.15) is 15.9 Å². The van der Waals surface area contributed by atoms with E-state index >= 15 is 0 Å². The summed E-state index contributed by atoms with van der Waals surface area (Å²) in [6.07, 6.45) is 0. The molecular weight excluding hydrogens is 361 g/mol. The van der Waals surface area contributed by atoms with Gasteiger partial charge in [0.05, 0.1) is 15.6 Å². The molecule has 1 heterocycles. The van der Waals surface area contributed by atoms with Crippen molar-refractivity contribution in [3.05, 3.63) is 68.0 Å². The van der Waals surface area contributed by atoms with Crippen LogP contribution in [-0.4, -0.2) is 5.91 Å². The molecule has 0 saturated carbocycles. The molecule has 1 aromatic heterocycles. The largest absolute Gasteiger partial charge is 0.348 e. The minimum absolute atomic E-state index is 0.294. The lowest BCUT2D eigenvalue weighted by atomic mass is 10.1. The number of rotatable bonds is 3. The third-order valence-corrected chi connectivity index (χ3v) is 5.12. The van der Waals surface area contributed by atoms with E-state index in [1.54, 1.807) is 29.5 Å². The molecule has 2 nitrogen and oxygen atoms in total. The molecule has 1 N–H and O–H groups in total. The summed E-state index contributed by atoms with van der Waals surface area (Å²) in [4.78, 5) is 12.3. The van der Waals surface area contributed by atoms with Crippen LogP contribution in [0.5, 0.6) is 0 Å². The first kappa shape index (κ1) is 15.6. The number of nitrogens with one attached hydrogen (secondary N) is 1. The number of thiophene rings is 1. The second-order valence-corrected chi connectivity index (χ2v) is 6.84. The topological polar surface area (TPSA) is 29.1 Å². The predicted octanol–water partition coefficient (Wildman–Crippen LogP) is 5.79. The van der Waals surface area contributed by atoms with Crippen molar-refractivity contribution in [1.82, 2.24) is 5.32 Å². The molecule has 0 aliphatic rings. The maximum Gasteiger partial charge on any atom is 0.254 e. The lowest BCUT2D eigenvalue weighted by molar-refractivity contribution is 0.0951. The Morgan fingerprint density at radius 3 is 2.55 bits per heavy atom. The van der Waals surface area contributed by atoms with Gasteiger partial charge in [-0.15, -0.1) is 11.3 Å². The highest BCUT2D eigenvalue weighted by atomic mass is 35.5. The van der Waals surface area contributed by atoms with Gasteiger partial charge in [0.15, 0.2) is 0 Å². The molecule has 0 saturated heterocycles. The van der Waals surface area contributed by atoms with Crippen LogP contribution in [0.3, 0.4) is 0 Å². The van der Waals surface area contributed by atoms with Gasteiger partial charge in [-0.2, -0.15) is 0 Å². The molecule has 0 unspecified atom stereocenters. The van der Waals surface area contributed by atoms with E-state index in [2.05, 4.69) is 5.32 Å². The summed E-state index contributed by atoms with van der Waals surface area (Å²) < 4.78 is 1.13. The number of carbonyl (C=O) groups is 1. The SMILES string of the molecule is O=C(NCc1csc2ccc(Cl)cc12)c1c(Cl)cccc1Cl. The molecule has 112 valence electrons. The molecule has 22 heavy (non-hydrogen) atoms. The maximum atomic E-state index is 12.3. The van der Waals surface area contributed by atoms with Crippen molar-refractivity contribution in [2.45, 2.75) is 6.54 Å². The fraction of sp³-hybridized carbons (Fsp3) is 0.0625. The van der Waals surface area contributed by atoms with Crippen molar-refractivity contribution in [2.24, 2.45) is 0 Å². The van der Waals surface area contributed by atoms with E-state index in [1.165, 1.54) is 0 Å². The molecule has 0 fully saturated rings. The van der Waals surface area contributed by atoms with Crippen LogP contribution in [0.25, 0.3) is 10.1 Å². The van der Waals surface area contributed by atoms with Gasteiger partial charge in [-0.1, -0.05) is 40.9 Å². The lowest BCUT2D eigenvalue weighted by Gasteiger charge is -2.08. The molecule has 3 aromatic rings. The summed E-state index contributed by atoms with van der Waals surface area (Å²) in [6.45, 7) is 0.390. The number of amides is 1. The molecule has 6 heteroatoms. The molecule has 0 aliphatic heterocycles.